The van der Waals surface area contributed by atoms with Crippen LogP contribution in [0.2, 0.25) is 0 Å². The van der Waals surface area contributed by atoms with Crippen LogP contribution in [-0.4, -0.2) is 28.0 Å². The smallest absolute Gasteiger partial charge is 0.123 e. The molecule has 0 spiro atoms. The average Bonchev–Trinajstić information content (AvgIpc) is 2.73. The van der Waals surface area contributed by atoms with Crippen LogP contribution in [0.5, 0.6) is 0 Å². The van der Waals surface area contributed by atoms with Crippen molar-refractivity contribution in [1.29, 1.82) is 0 Å². The number of nitrogens with one attached hydrogen (secondary N) is 1. The highest BCUT2D eigenvalue weighted by Gasteiger charge is 2.32. The second-order valence-electron chi connectivity index (χ2n) is 5.05. The first kappa shape index (κ1) is 9.40. The van der Waals surface area contributed by atoms with Crippen molar-refractivity contribution in [3.05, 3.63) is 17.7 Å². The normalized spacial score (nSPS) is 27.4. The molecule has 3 heteroatoms. The van der Waals surface area contributed by atoms with E-state index in [2.05, 4.69) is 21.8 Å². The first-order chi connectivity index (χ1) is 7.33. The minimum Gasteiger partial charge on any atom is -0.345 e. The maximum Gasteiger partial charge on any atom is 0.123 e. The Balaban J connectivity index is 1.72. The average molecular weight is 205 g/mol. The molecule has 2 fully saturated rings. The summed E-state index contributed by atoms with van der Waals surface area (Å²) in [6.45, 7) is 4.64. The number of H-pyrrole nitrogens is 1. The van der Waals surface area contributed by atoms with E-state index in [0.717, 1.165) is 5.92 Å². The molecule has 0 amide bonds. The Bertz CT molecular complexity index is 340. The summed E-state index contributed by atoms with van der Waals surface area (Å²) in [7, 11) is 0. The van der Waals surface area contributed by atoms with Crippen LogP contribution in [0.1, 0.15) is 43.2 Å². The molecular formula is C12H19N3. The van der Waals surface area contributed by atoms with Gasteiger partial charge in [0.05, 0.1) is 6.04 Å². The standard InChI is InChI=1S/C12H19N3/c1-9-7-13-12(14-9)11-3-2-6-15(11)8-10-4-5-10/h7,10-11H,2-6,8H2,1H3,(H,13,14). The van der Waals surface area contributed by atoms with E-state index in [1.807, 2.05) is 6.20 Å². The monoisotopic (exact) mass is 205 g/mol. The fraction of sp³-hybridized carbons (Fsp3) is 0.750. The molecular weight excluding hydrogens is 186 g/mol. The zero-order valence-corrected chi connectivity index (χ0v) is 9.37. The molecule has 1 saturated carbocycles. The van der Waals surface area contributed by atoms with Crippen LogP contribution in [0.3, 0.4) is 0 Å². The van der Waals surface area contributed by atoms with Crippen molar-refractivity contribution in [3.63, 3.8) is 0 Å². The number of aromatic nitrogens is 2. The molecule has 15 heavy (non-hydrogen) atoms. The Morgan fingerprint density at radius 1 is 1.47 bits per heavy atom. The van der Waals surface area contributed by atoms with Gasteiger partial charge in [-0.2, -0.15) is 0 Å². The van der Waals surface area contributed by atoms with E-state index < -0.39 is 0 Å². The fourth-order valence-electron chi connectivity index (χ4n) is 2.59. The molecule has 2 aliphatic rings. The summed E-state index contributed by atoms with van der Waals surface area (Å²) in [4.78, 5) is 10.5. The fourth-order valence-corrected chi connectivity index (χ4v) is 2.59. The van der Waals surface area contributed by atoms with Gasteiger partial charge in [-0.15, -0.1) is 0 Å². The van der Waals surface area contributed by atoms with Crippen LogP contribution in [0.25, 0.3) is 0 Å². The molecule has 1 atom stereocenters. The van der Waals surface area contributed by atoms with Gasteiger partial charge in [-0.25, -0.2) is 4.98 Å². The third-order valence-corrected chi connectivity index (χ3v) is 3.59. The van der Waals surface area contributed by atoms with Crippen LogP contribution in [-0.2, 0) is 0 Å². The van der Waals surface area contributed by atoms with Crippen molar-refractivity contribution in [3.8, 4) is 0 Å². The number of nitrogens with zero attached hydrogens (tertiary/aromatic N) is 2. The SMILES string of the molecule is Cc1cnc(C2CCCN2CC2CC2)[nH]1. The molecule has 0 bridgehead atoms. The van der Waals surface area contributed by atoms with Gasteiger partial charge < -0.3 is 4.98 Å². The lowest BCUT2D eigenvalue weighted by atomic mass is 10.2. The molecule has 0 aromatic carbocycles. The lowest BCUT2D eigenvalue weighted by molar-refractivity contribution is 0.239. The van der Waals surface area contributed by atoms with Crippen LogP contribution in [0.15, 0.2) is 6.20 Å². The van der Waals surface area contributed by atoms with Crippen LogP contribution in [0.4, 0.5) is 0 Å². The van der Waals surface area contributed by atoms with E-state index >= 15 is 0 Å². The van der Waals surface area contributed by atoms with Gasteiger partial charge in [0, 0.05) is 18.4 Å². The second kappa shape index (κ2) is 3.63. The highest BCUT2D eigenvalue weighted by atomic mass is 15.2. The topological polar surface area (TPSA) is 31.9 Å². The van der Waals surface area contributed by atoms with Crippen molar-refractivity contribution < 1.29 is 0 Å². The van der Waals surface area contributed by atoms with Crippen LogP contribution < -0.4 is 0 Å². The maximum absolute atomic E-state index is 4.48. The molecule has 1 aromatic heterocycles. The van der Waals surface area contributed by atoms with Crippen molar-refractivity contribution in [2.24, 2.45) is 5.92 Å². The first-order valence-electron chi connectivity index (χ1n) is 6.08. The summed E-state index contributed by atoms with van der Waals surface area (Å²) in [5, 5.41) is 0. The van der Waals surface area contributed by atoms with Crippen molar-refractivity contribution in [2.45, 2.75) is 38.6 Å². The van der Waals surface area contributed by atoms with E-state index in [1.54, 1.807) is 0 Å². The van der Waals surface area contributed by atoms with E-state index in [1.165, 1.54) is 50.3 Å². The quantitative estimate of drug-likeness (QED) is 0.821. The van der Waals surface area contributed by atoms with E-state index in [4.69, 9.17) is 0 Å². The van der Waals surface area contributed by atoms with Crippen molar-refractivity contribution in [2.75, 3.05) is 13.1 Å². The summed E-state index contributed by atoms with van der Waals surface area (Å²) in [5.74, 6) is 2.17. The summed E-state index contributed by atoms with van der Waals surface area (Å²) in [6, 6.07) is 0.569. The highest BCUT2D eigenvalue weighted by Crippen LogP contribution is 2.36. The largest absolute Gasteiger partial charge is 0.345 e. The zero-order valence-electron chi connectivity index (χ0n) is 9.37. The van der Waals surface area contributed by atoms with E-state index in [0.29, 0.717) is 6.04 Å². The van der Waals surface area contributed by atoms with Crippen molar-refractivity contribution >= 4 is 0 Å². The molecule has 1 saturated heterocycles. The van der Waals surface area contributed by atoms with Crippen LogP contribution in [0, 0.1) is 12.8 Å². The number of hydrogen-bond acceptors (Lipinski definition) is 2. The summed E-state index contributed by atoms with van der Waals surface area (Å²) in [5.41, 5.74) is 1.18. The van der Waals surface area contributed by atoms with Gasteiger partial charge in [-0.1, -0.05) is 0 Å². The Kier molecular flexibility index (Phi) is 2.28. The number of aryl methyl sites for hydroxylation is 1. The predicted molar refractivity (Wildman–Crippen MR) is 59.6 cm³/mol. The van der Waals surface area contributed by atoms with Gasteiger partial charge in [0.1, 0.15) is 5.82 Å². The third-order valence-electron chi connectivity index (χ3n) is 3.59. The molecule has 1 unspecified atom stereocenters. The molecule has 3 rings (SSSR count). The van der Waals surface area contributed by atoms with E-state index in [9.17, 15) is 0 Å². The van der Waals surface area contributed by atoms with Gasteiger partial charge in [0.25, 0.3) is 0 Å². The number of likely N-dealkylation sites (tertiary alicyclic amines) is 1. The molecule has 1 aliphatic carbocycles. The first-order valence-corrected chi connectivity index (χ1v) is 6.08. The Hall–Kier alpha value is -0.830. The number of aromatic amines is 1. The Morgan fingerprint density at radius 3 is 3.00 bits per heavy atom. The molecule has 3 nitrogen and oxygen atoms in total. The van der Waals surface area contributed by atoms with Gasteiger partial charge in [0.2, 0.25) is 0 Å². The molecule has 1 N–H and O–H groups in total. The van der Waals surface area contributed by atoms with E-state index in [-0.39, 0.29) is 0 Å². The Morgan fingerprint density at radius 2 is 2.33 bits per heavy atom. The summed E-state index contributed by atoms with van der Waals surface area (Å²) in [6.07, 6.45) is 7.45. The third kappa shape index (κ3) is 1.93. The molecule has 82 valence electrons. The van der Waals surface area contributed by atoms with Crippen LogP contribution >= 0.6 is 0 Å². The predicted octanol–water partition coefficient (Wildman–Crippen LogP) is 2.27. The number of imidazole rings is 1. The van der Waals surface area contributed by atoms with Gasteiger partial charge >= 0.3 is 0 Å². The molecule has 1 aliphatic heterocycles. The number of hydrogen-bond donors (Lipinski definition) is 1. The maximum atomic E-state index is 4.48. The minimum absolute atomic E-state index is 0.569. The molecule has 0 radical (unpaired) electrons. The summed E-state index contributed by atoms with van der Waals surface area (Å²) < 4.78 is 0. The number of rotatable bonds is 3. The van der Waals surface area contributed by atoms with Gasteiger partial charge in [-0.05, 0) is 45.1 Å². The van der Waals surface area contributed by atoms with Gasteiger partial charge in [0.15, 0.2) is 0 Å². The lowest BCUT2D eigenvalue weighted by Crippen LogP contribution is -2.26. The molecule has 2 heterocycles. The zero-order chi connectivity index (χ0) is 10.3. The second-order valence-corrected chi connectivity index (χ2v) is 5.05. The highest BCUT2D eigenvalue weighted by molar-refractivity contribution is 5.05. The Labute approximate surface area is 90.9 Å². The van der Waals surface area contributed by atoms with Gasteiger partial charge in [-0.3, -0.25) is 4.90 Å². The lowest BCUT2D eigenvalue weighted by Gasteiger charge is -2.22. The summed E-state index contributed by atoms with van der Waals surface area (Å²) >= 11 is 0. The van der Waals surface area contributed by atoms with Crippen molar-refractivity contribution in [1.82, 2.24) is 14.9 Å². The minimum atomic E-state index is 0.569. The molecule has 1 aromatic rings.